The quantitative estimate of drug-likeness (QED) is 0.719. The first-order valence-corrected chi connectivity index (χ1v) is 7.99. The molecule has 0 saturated carbocycles. The maximum atomic E-state index is 12.1. The summed E-state index contributed by atoms with van der Waals surface area (Å²) in [5.41, 5.74) is 2.30. The van der Waals surface area contributed by atoms with Gasteiger partial charge in [0.1, 0.15) is 5.69 Å². The Morgan fingerprint density at radius 2 is 1.92 bits per heavy atom. The number of halogens is 1. The Hall–Kier alpha value is -2.92. The number of ether oxygens (including phenoxy) is 1. The Kier molecular flexibility index (Phi) is 4.95. The third kappa shape index (κ3) is 4.14. The second-order valence-corrected chi connectivity index (χ2v) is 5.91. The molecular weight excluding hydrogens is 340 g/mol. The van der Waals surface area contributed by atoms with Crippen LogP contribution in [0.2, 0.25) is 5.02 Å². The summed E-state index contributed by atoms with van der Waals surface area (Å²) in [6.45, 7) is 1.43. The highest BCUT2D eigenvalue weighted by molar-refractivity contribution is 6.30. The number of anilines is 1. The number of hydrogen-bond acceptors (Lipinski definition) is 4. The van der Waals surface area contributed by atoms with Crippen molar-refractivity contribution in [1.82, 2.24) is 4.98 Å². The van der Waals surface area contributed by atoms with Crippen LogP contribution in [0.4, 0.5) is 5.69 Å². The molecule has 3 aromatic rings. The molecule has 0 aliphatic heterocycles. The molecule has 1 heterocycles. The number of pyridine rings is 1. The molecule has 1 aromatic heterocycles. The predicted molar refractivity (Wildman–Crippen MR) is 96.8 cm³/mol. The second kappa shape index (κ2) is 7.32. The van der Waals surface area contributed by atoms with Gasteiger partial charge < -0.3 is 10.1 Å². The van der Waals surface area contributed by atoms with Gasteiger partial charge in [-0.05, 0) is 42.8 Å². The number of hydrogen-bond donors (Lipinski definition) is 1. The molecule has 0 bridgehead atoms. The van der Waals surface area contributed by atoms with E-state index < -0.39 is 18.5 Å². The molecule has 0 radical (unpaired) electrons. The van der Waals surface area contributed by atoms with E-state index in [1.807, 2.05) is 31.2 Å². The smallest absolute Gasteiger partial charge is 0.357 e. The van der Waals surface area contributed by atoms with Crippen molar-refractivity contribution < 1.29 is 14.3 Å². The maximum Gasteiger partial charge on any atom is 0.357 e. The summed E-state index contributed by atoms with van der Waals surface area (Å²) in [4.78, 5) is 28.3. The monoisotopic (exact) mass is 354 g/mol. The SMILES string of the molecule is Cc1cc(Cl)ccc1NC(=O)COC(=O)c1ccc2ccccc2n1. The zero-order valence-corrected chi connectivity index (χ0v) is 14.2. The number of benzene rings is 2. The molecule has 0 saturated heterocycles. The molecule has 0 spiro atoms. The average Bonchev–Trinajstić information content (AvgIpc) is 2.61. The van der Waals surface area contributed by atoms with E-state index in [0.717, 1.165) is 10.9 Å². The van der Waals surface area contributed by atoms with E-state index in [9.17, 15) is 9.59 Å². The minimum Gasteiger partial charge on any atom is -0.451 e. The van der Waals surface area contributed by atoms with Crippen molar-refractivity contribution >= 4 is 40.1 Å². The minimum absolute atomic E-state index is 0.161. The molecule has 0 unspecified atom stereocenters. The van der Waals surface area contributed by atoms with Crippen LogP contribution < -0.4 is 5.32 Å². The fourth-order valence-electron chi connectivity index (χ4n) is 2.34. The molecule has 0 aliphatic carbocycles. The van der Waals surface area contributed by atoms with E-state index in [1.165, 1.54) is 0 Å². The van der Waals surface area contributed by atoms with E-state index >= 15 is 0 Å². The number of esters is 1. The van der Waals surface area contributed by atoms with Gasteiger partial charge in [0.25, 0.3) is 5.91 Å². The number of carbonyl (C=O) groups excluding carboxylic acids is 2. The lowest BCUT2D eigenvalue weighted by Gasteiger charge is -2.09. The number of amides is 1. The first kappa shape index (κ1) is 16.9. The van der Waals surface area contributed by atoms with E-state index in [-0.39, 0.29) is 5.69 Å². The summed E-state index contributed by atoms with van der Waals surface area (Å²) in [6.07, 6.45) is 0. The highest BCUT2D eigenvalue weighted by Crippen LogP contribution is 2.19. The van der Waals surface area contributed by atoms with Gasteiger partial charge in [0.2, 0.25) is 0 Å². The van der Waals surface area contributed by atoms with Gasteiger partial charge in [0.05, 0.1) is 5.52 Å². The number of aryl methyl sites for hydroxylation is 1. The summed E-state index contributed by atoms with van der Waals surface area (Å²) >= 11 is 5.88. The van der Waals surface area contributed by atoms with Crippen LogP contribution >= 0.6 is 11.6 Å². The molecule has 0 atom stereocenters. The molecule has 1 N–H and O–H groups in total. The molecule has 3 rings (SSSR count). The van der Waals surface area contributed by atoms with Crippen molar-refractivity contribution in [1.29, 1.82) is 0 Å². The standard InChI is InChI=1S/C19H15ClN2O3/c1-12-10-14(20)7-9-15(12)22-18(23)11-25-19(24)17-8-6-13-4-2-3-5-16(13)21-17/h2-10H,11H2,1H3,(H,22,23). The molecular formula is C19H15ClN2O3. The predicted octanol–water partition coefficient (Wildman–Crippen LogP) is 3.99. The van der Waals surface area contributed by atoms with E-state index in [1.54, 1.807) is 30.3 Å². The number of rotatable bonds is 4. The van der Waals surface area contributed by atoms with Crippen LogP contribution in [0, 0.1) is 6.92 Å². The van der Waals surface area contributed by atoms with Gasteiger partial charge in [-0.25, -0.2) is 9.78 Å². The minimum atomic E-state index is -0.645. The number of fused-ring (bicyclic) bond motifs is 1. The molecule has 2 aromatic carbocycles. The molecule has 1 amide bonds. The lowest BCUT2D eigenvalue weighted by Crippen LogP contribution is -2.21. The topological polar surface area (TPSA) is 68.3 Å². The fourth-order valence-corrected chi connectivity index (χ4v) is 2.57. The highest BCUT2D eigenvalue weighted by Gasteiger charge is 2.13. The second-order valence-electron chi connectivity index (χ2n) is 5.47. The van der Waals surface area contributed by atoms with Crippen LogP contribution in [-0.2, 0) is 9.53 Å². The average molecular weight is 355 g/mol. The normalized spacial score (nSPS) is 10.5. The van der Waals surface area contributed by atoms with E-state index in [0.29, 0.717) is 16.2 Å². The van der Waals surface area contributed by atoms with Gasteiger partial charge in [0.15, 0.2) is 6.61 Å². The van der Waals surface area contributed by atoms with Crippen molar-refractivity contribution in [2.45, 2.75) is 6.92 Å². The summed E-state index contributed by atoms with van der Waals surface area (Å²) < 4.78 is 5.04. The zero-order valence-electron chi connectivity index (χ0n) is 13.5. The van der Waals surface area contributed by atoms with Crippen molar-refractivity contribution in [3.8, 4) is 0 Å². The van der Waals surface area contributed by atoms with Crippen LogP contribution in [0.15, 0.2) is 54.6 Å². The summed E-state index contributed by atoms with van der Waals surface area (Å²) in [6, 6.07) is 15.9. The van der Waals surface area contributed by atoms with Crippen LogP contribution in [0.3, 0.4) is 0 Å². The third-order valence-corrected chi connectivity index (χ3v) is 3.84. The number of carbonyl (C=O) groups is 2. The van der Waals surface area contributed by atoms with Gasteiger partial charge in [-0.2, -0.15) is 0 Å². The third-order valence-electron chi connectivity index (χ3n) is 3.60. The number of aromatic nitrogens is 1. The van der Waals surface area contributed by atoms with Crippen molar-refractivity contribution in [3.05, 3.63) is 70.9 Å². The lowest BCUT2D eigenvalue weighted by atomic mass is 10.2. The molecule has 6 heteroatoms. The van der Waals surface area contributed by atoms with E-state index in [4.69, 9.17) is 16.3 Å². The Balaban J connectivity index is 1.61. The molecule has 0 fully saturated rings. The summed E-state index contributed by atoms with van der Waals surface area (Å²) in [7, 11) is 0. The highest BCUT2D eigenvalue weighted by atomic mass is 35.5. The van der Waals surface area contributed by atoms with Gasteiger partial charge in [0, 0.05) is 16.1 Å². The Bertz CT molecular complexity index is 956. The molecule has 5 nitrogen and oxygen atoms in total. The van der Waals surface area contributed by atoms with Crippen LogP contribution in [-0.4, -0.2) is 23.5 Å². The van der Waals surface area contributed by atoms with Crippen LogP contribution in [0.25, 0.3) is 10.9 Å². The number of nitrogens with zero attached hydrogens (tertiary/aromatic N) is 1. The fraction of sp³-hybridized carbons (Fsp3) is 0.105. The van der Waals surface area contributed by atoms with Crippen molar-refractivity contribution in [2.24, 2.45) is 0 Å². The van der Waals surface area contributed by atoms with Crippen molar-refractivity contribution in [3.63, 3.8) is 0 Å². The Labute approximate surface area is 149 Å². The summed E-state index contributed by atoms with van der Waals surface area (Å²) in [5, 5.41) is 4.19. The van der Waals surface area contributed by atoms with Gasteiger partial charge in [-0.15, -0.1) is 0 Å². The van der Waals surface area contributed by atoms with Crippen molar-refractivity contribution in [2.75, 3.05) is 11.9 Å². The van der Waals surface area contributed by atoms with Crippen LogP contribution in [0.1, 0.15) is 16.1 Å². The first-order chi connectivity index (χ1) is 12.0. The largest absolute Gasteiger partial charge is 0.451 e. The van der Waals surface area contributed by atoms with Gasteiger partial charge in [-0.3, -0.25) is 4.79 Å². The van der Waals surface area contributed by atoms with Gasteiger partial charge >= 0.3 is 5.97 Å². The Morgan fingerprint density at radius 3 is 2.72 bits per heavy atom. The maximum absolute atomic E-state index is 12.1. The van der Waals surface area contributed by atoms with Crippen LogP contribution in [0.5, 0.6) is 0 Å². The molecule has 25 heavy (non-hydrogen) atoms. The van der Waals surface area contributed by atoms with E-state index in [2.05, 4.69) is 10.3 Å². The molecule has 126 valence electrons. The molecule has 0 aliphatic rings. The Morgan fingerprint density at radius 1 is 1.12 bits per heavy atom. The number of nitrogens with one attached hydrogen (secondary N) is 1. The zero-order chi connectivity index (χ0) is 17.8. The number of para-hydroxylation sites is 1. The summed E-state index contributed by atoms with van der Waals surface area (Å²) in [5.74, 6) is -1.08. The van der Waals surface area contributed by atoms with Gasteiger partial charge in [-0.1, -0.05) is 35.9 Å². The first-order valence-electron chi connectivity index (χ1n) is 7.62. The lowest BCUT2D eigenvalue weighted by molar-refractivity contribution is -0.119.